The van der Waals surface area contributed by atoms with Crippen LogP contribution in [0.5, 0.6) is 5.75 Å². The van der Waals surface area contributed by atoms with Gasteiger partial charge in [0.05, 0.1) is 13.2 Å². The summed E-state index contributed by atoms with van der Waals surface area (Å²) < 4.78 is 35.1. The van der Waals surface area contributed by atoms with Crippen LogP contribution < -0.4 is 4.74 Å². The lowest BCUT2D eigenvalue weighted by molar-refractivity contribution is -0.181. The van der Waals surface area contributed by atoms with E-state index in [-0.39, 0.29) is 32.7 Å². The first kappa shape index (κ1) is 26.0. The van der Waals surface area contributed by atoms with E-state index >= 15 is 0 Å². The fourth-order valence-electron chi connectivity index (χ4n) is 3.70. The first-order valence-electron chi connectivity index (χ1n) is 11.1. The van der Waals surface area contributed by atoms with Crippen LogP contribution in [0.1, 0.15) is 68.7 Å². The molecule has 0 aliphatic carbocycles. The highest BCUT2D eigenvalue weighted by atomic mass is 19.3. The standard InChI is InChI=1S/C26H34F2O4/c1-4-20(12-13-26(27,28)25(31,5-2)6-3)21-8-7-9-24(15-21)32-18-19-10-11-22(16-29)23(14-19)17-30/h7-12,14-15,29-31H,4-6,13,16-18H2,1-3H3. The smallest absolute Gasteiger partial charge is 0.279 e. The molecule has 0 aliphatic rings. The van der Waals surface area contributed by atoms with Crippen LogP contribution in [-0.4, -0.2) is 26.8 Å². The molecular formula is C26H34F2O4. The zero-order valence-electron chi connectivity index (χ0n) is 19.1. The van der Waals surface area contributed by atoms with Gasteiger partial charge in [0.1, 0.15) is 18.0 Å². The molecule has 0 atom stereocenters. The van der Waals surface area contributed by atoms with Crippen molar-refractivity contribution in [2.75, 3.05) is 0 Å². The third-order valence-corrected chi connectivity index (χ3v) is 6.06. The quantitative estimate of drug-likeness (QED) is 0.394. The number of alkyl halides is 2. The van der Waals surface area contributed by atoms with Gasteiger partial charge in [0.15, 0.2) is 0 Å². The molecule has 0 radical (unpaired) electrons. The van der Waals surface area contributed by atoms with Gasteiger partial charge >= 0.3 is 0 Å². The molecule has 0 fully saturated rings. The number of hydrogen-bond donors (Lipinski definition) is 3. The van der Waals surface area contributed by atoms with E-state index in [1.54, 1.807) is 32.0 Å². The predicted octanol–water partition coefficient (Wildman–Crippen LogP) is 5.62. The largest absolute Gasteiger partial charge is 0.489 e. The third-order valence-electron chi connectivity index (χ3n) is 6.06. The summed E-state index contributed by atoms with van der Waals surface area (Å²) in [6.07, 6.45) is 1.54. The second kappa shape index (κ2) is 11.5. The number of halogens is 2. The van der Waals surface area contributed by atoms with Gasteiger partial charge in [-0.25, -0.2) is 8.78 Å². The zero-order chi connectivity index (χ0) is 23.8. The summed E-state index contributed by atoms with van der Waals surface area (Å²) in [5, 5.41) is 29.0. The molecule has 4 nitrogen and oxygen atoms in total. The zero-order valence-corrected chi connectivity index (χ0v) is 19.1. The average molecular weight is 449 g/mol. The van der Waals surface area contributed by atoms with Crippen molar-refractivity contribution in [1.29, 1.82) is 0 Å². The van der Waals surface area contributed by atoms with Crippen LogP contribution in [-0.2, 0) is 19.8 Å². The molecule has 3 N–H and O–H groups in total. The van der Waals surface area contributed by atoms with E-state index < -0.39 is 17.9 Å². The minimum Gasteiger partial charge on any atom is -0.489 e. The number of hydrogen-bond acceptors (Lipinski definition) is 4. The first-order valence-corrected chi connectivity index (χ1v) is 11.1. The topological polar surface area (TPSA) is 69.9 Å². The van der Waals surface area contributed by atoms with Crippen LogP contribution in [0.15, 0.2) is 48.5 Å². The van der Waals surface area contributed by atoms with Crippen molar-refractivity contribution < 1.29 is 28.8 Å². The van der Waals surface area contributed by atoms with Crippen molar-refractivity contribution in [3.63, 3.8) is 0 Å². The lowest BCUT2D eigenvalue weighted by Crippen LogP contribution is -2.46. The molecule has 0 heterocycles. The number of ether oxygens (including phenoxy) is 1. The monoisotopic (exact) mass is 448 g/mol. The van der Waals surface area contributed by atoms with Gasteiger partial charge in [-0.15, -0.1) is 0 Å². The van der Waals surface area contributed by atoms with Crippen LogP contribution in [0.4, 0.5) is 8.78 Å². The summed E-state index contributed by atoms with van der Waals surface area (Å²) >= 11 is 0. The maximum Gasteiger partial charge on any atom is 0.279 e. The number of rotatable bonds is 12. The van der Waals surface area contributed by atoms with E-state index in [0.29, 0.717) is 23.3 Å². The summed E-state index contributed by atoms with van der Waals surface area (Å²) in [6.45, 7) is 5.01. The Balaban J connectivity index is 2.16. The van der Waals surface area contributed by atoms with Crippen molar-refractivity contribution in [2.45, 2.75) is 77.8 Å². The molecule has 0 aliphatic heterocycles. The SMILES string of the molecule is CCC(=CCC(F)(F)C(O)(CC)CC)c1cccc(OCc2ccc(CO)c(CO)c2)c1. The molecule has 2 aromatic carbocycles. The predicted molar refractivity (Wildman–Crippen MR) is 122 cm³/mol. The van der Waals surface area contributed by atoms with Crippen molar-refractivity contribution in [3.8, 4) is 5.75 Å². The molecule has 0 aromatic heterocycles. The molecule has 6 heteroatoms. The second-order valence-corrected chi connectivity index (χ2v) is 7.97. The molecule has 0 amide bonds. The fraction of sp³-hybridized carbons (Fsp3) is 0.462. The Labute approximate surface area is 189 Å². The number of aliphatic hydroxyl groups is 3. The Kier molecular flexibility index (Phi) is 9.37. The van der Waals surface area contributed by atoms with Gasteiger partial charge in [0, 0.05) is 6.42 Å². The molecule has 0 unspecified atom stereocenters. The first-order chi connectivity index (χ1) is 15.2. The van der Waals surface area contributed by atoms with Gasteiger partial charge in [-0.3, -0.25) is 0 Å². The summed E-state index contributed by atoms with van der Waals surface area (Å²) in [4.78, 5) is 0. The Morgan fingerprint density at radius 3 is 2.25 bits per heavy atom. The van der Waals surface area contributed by atoms with Gasteiger partial charge in [0.25, 0.3) is 5.92 Å². The second-order valence-electron chi connectivity index (χ2n) is 7.97. The molecule has 2 rings (SSSR count). The highest BCUT2D eigenvalue weighted by Gasteiger charge is 2.48. The Morgan fingerprint density at radius 2 is 1.66 bits per heavy atom. The Bertz CT molecular complexity index is 904. The highest BCUT2D eigenvalue weighted by molar-refractivity contribution is 5.66. The summed E-state index contributed by atoms with van der Waals surface area (Å²) in [7, 11) is 0. The Morgan fingerprint density at radius 1 is 0.969 bits per heavy atom. The van der Waals surface area contributed by atoms with Crippen LogP contribution in [0.2, 0.25) is 0 Å². The van der Waals surface area contributed by atoms with E-state index in [1.165, 1.54) is 6.08 Å². The van der Waals surface area contributed by atoms with Crippen molar-refractivity contribution in [2.24, 2.45) is 0 Å². The lowest BCUT2D eigenvalue weighted by Gasteiger charge is -2.34. The fourth-order valence-corrected chi connectivity index (χ4v) is 3.70. The molecule has 2 aromatic rings. The van der Waals surface area contributed by atoms with Crippen molar-refractivity contribution in [3.05, 3.63) is 70.8 Å². The minimum absolute atomic E-state index is 0.00754. The Hall–Kier alpha value is -2.28. The summed E-state index contributed by atoms with van der Waals surface area (Å²) in [5.41, 5.74) is 1.72. The lowest BCUT2D eigenvalue weighted by atomic mass is 9.87. The van der Waals surface area contributed by atoms with E-state index in [4.69, 9.17) is 4.74 Å². The maximum absolute atomic E-state index is 14.6. The minimum atomic E-state index is -3.21. The van der Waals surface area contributed by atoms with Crippen LogP contribution in [0.25, 0.3) is 5.57 Å². The van der Waals surface area contributed by atoms with E-state index in [2.05, 4.69) is 0 Å². The summed E-state index contributed by atoms with van der Waals surface area (Å²) in [6, 6.07) is 12.7. The number of allylic oxidation sites excluding steroid dienone is 2. The summed E-state index contributed by atoms with van der Waals surface area (Å²) in [5.74, 6) is -2.61. The number of aliphatic hydroxyl groups excluding tert-OH is 2. The molecule has 176 valence electrons. The molecule has 0 saturated carbocycles. The normalized spacial score (nSPS) is 12.8. The maximum atomic E-state index is 14.6. The van der Waals surface area contributed by atoms with E-state index in [1.807, 2.05) is 31.2 Å². The van der Waals surface area contributed by atoms with Gasteiger partial charge in [-0.2, -0.15) is 0 Å². The molecular weight excluding hydrogens is 414 g/mol. The van der Waals surface area contributed by atoms with E-state index in [9.17, 15) is 24.1 Å². The van der Waals surface area contributed by atoms with Gasteiger partial charge < -0.3 is 20.1 Å². The molecule has 0 bridgehead atoms. The number of benzene rings is 2. The molecule has 0 spiro atoms. The highest BCUT2D eigenvalue weighted by Crippen LogP contribution is 2.38. The van der Waals surface area contributed by atoms with Crippen LogP contribution >= 0.6 is 0 Å². The van der Waals surface area contributed by atoms with Crippen molar-refractivity contribution in [1.82, 2.24) is 0 Å². The van der Waals surface area contributed by atoms with Gasteiger partial charge in [0.2, 0.25) is 0 Å². The third kappa shape index (κ3) is 6.15. The molecule has 32 heavy (non-hydrogen) atoms. The van der Waals surface area contributed by atoms with Crippen LogP contribution in [0, 0.1) is 0 Å². The average Bonchev–Trinajstić information content (AvgIpc) is 2.82. The van der Waals surface area contributed by atoms with Gasteiger partial charge in [-0.1, -0.05) is 51.1 Å². The van der Waals surface area contributed by atoms with E-state index in [0.717, 1.165) is 16.7 Å². The van der Waals surface area contributed by atoms with Crippen LogP contribution in [0.3, 0.4) is 0 Å². The van der Waals surface area contributed by atoms with Crippen molar-refractivity contribution >= 4 is 5.57 Å². The molecule has 0 saturated heterocycles. The van der Waals surface area contributed by atoms with Gasteiger partial charge in [-0.05, 0) is 65.3 Å².